The highest BCUT2D eigenvalue weighted by atomic mass is 19.4. The van der Waals surface area contributed by atoms with Crippen molar-refractivity contribution in [2.75, 3.05) is 28.6 Å². The summed E-state index contributed by atoms with van der Waals surface area (Å²) in [5.74, 6) is -0.0944. The average Bonchev–Trinajstić information content (AvgIpc) is 3.26. The van der Waals surface area contributed by atoms with E-state index < -0.39 is 29.7 Å². The molecule has 5 rings (SSSR count). The molecule has 2 amide bonds. The van der Waals surface area contributed by atoms with Crippen LogP contribution in [0, 0.1) is 0 Å². The van der Waals surface area contributed by atoms with E-state index in [1.54, 1.807) is 30.5 Å². The van der Waals surface area contributed by atoms with Crippen molar-refractivity contribution in [2.24, 2.45) is 0 Å². The predicted octanol–water partition coefficient (Wildman–Crippen LogP) is 5.96. The fourth-order valence-corrected chi connectivity index (χ4v) is 5.18. The zero-order chi connectivity index (χ0) is 29.7. The quantitative estimate of drug-likeness (QED) is 0.249. The van der Waals surface area contributed by atoms with Crippen LogP contribution in [-0.2, 0) is 22.2 Å². The first-order valence-corrected chi connectivity index (χ1v) is 13.9. The lowest BCUT2D eigenvalue weighted by molar-refractivity contribution is -0.137. The van der Waals surface area contributed by atoms with Crippen LogP contribution in [-0.4, -0.2) is 41.1 Å². The van der Waals surface area contributed by atoms with Crippen LogP contribution in [0.5, 0.6) is 0 Å². The Morgan fingerprint density at radius 1 is 1.00 bits per heavy atom. The van der Waals surface area contributed by atoms with Crippen LogP contribution in [0.25, 0.3) is 5.57 Å². The van der Waals surface area contributed by atoms with Gasteiger partial charge in [-0.05, 0) is 60.4 Å². The number of aliphatic hydroxyl groups is 1. The van der Waals surface area contributed by atoms with Crippen molar-refractivity contribution in [1.29, 1.82) is 0 Å². The van der Waals surface area contributed by atoms with Gasteiger partial charge >= 0.3 is 6.18 Å². The van der Waals surface area contributed by atoms with Crippen molar-refractivity contribution in [3.05, 3.63) is 101 Å². The van der Waals surface area contributed by atoms with Crippen molar-refractivity contribution in [1.82, 2.24) is 4.98 Å². The minimum atomic E-state index is -4.45. The van der Waals surface area contributed by atoms with Crippen LogP contribution >= 0.6 is 0 Å². The van der Waals surface area contributed by atoms with Gasteiger partial charge in [-0.3, -0.25) is 9.59 Å². The maximum Gasteiger partial charge on any atom is 0.416 e. The van der Waals surface area contributed by atoms with E-state index in [0.29, 0.717) is 33.6 Å². The summed E-state index contributed by atoms with van der Waals surface area (Å²) in [7, 11) is 0. The topological polar surface area (TPSA) is 94.6 Å². The number of carbonyl (C=O) groups excluding carboxylic acids is 2. The SMILES string of the molecule is O=C(/C=C/C=C(/c1ccc(C(F)(F)F)cc1)c1ccc(N2CCCCCC2)nc1)Nc1cccc2c1CC(O)C(=O)N2. The van der Waals surface area contributed by atoms with Crippen molar-refractivity contribution in [3.8, 4) is 0 Å². The molecule has 3 N–H and O–H groups in total. The summed E-state index contributed by atoms with van der Waals surface area (Å²) in [4.78, 5) is 31.5. The highest BCUT2D eigenvalue weighted by molar-refractivity contribution is 6.03. The van der Waals surface area contributed by atoms with Crippen molar-refractivity contribution < 1.29 is 27.9 Å². The fourth-order valence-electron chi connectivity index (χ4n) is 5.18. The summed E-state index contributed by atoms with van der Waals surface area (Å²) in [6.45, 7) is 1.86. The number of aromatic nitrogens is 1. The Labute approximate surface area is 241 Å². The van der Waals surface area contributed by atoms with E-state index in [2.05, 4.69) is 20.5 Å². The summed E-state index contributed by atoms with van der Waals surface area (Å²) in [5.41, 5.74) is 2.69. The minimum Gasteiger partial charge on any atom is -0.383 e. The smallest absolute Gasteiger partial charge is 0.383 e. The number of halogens is 3. The second kappa shape index (κ2) is 12.6. The Balaban J connectivity index is 1.39. The third-order valence-corrected chi connectivity index (χ3v) is 7.41. The molecule has 42 heavy (non-hydrogen) atoms. The van der Waals surface area contributed by atoms with Gasteiger partial charge in [-0.2, -0.15) is 13.2 Å². The van der Waals surface area contributed by atoms with Gasteiger partial charge in [0, 0.05) is 54.3 Å². The van der Waals surface area contributed by atoms with Gasteiger partial charge in [-0.1, -0.05) is 43.2 Å². The molecule has 218 valence electrons. The Hall–Kier alpha value is -4.44. The number of aliphatic hydroxyl groups excluding tert-OH is 1. The Bertz CT molecular complexity index is 1490. The highest BCUT2D eigenvalue weighted by Gasteiger charge is 2.30. The molecule has 0 bridgehead atoms. The van der Waals surface area contributed by atoms with Crippen molar-refractivity contribution in [2.45, 2.75) is 44.4 Å². The molecule has 3 heterocycles. The molecule has 1 fully saturated rings. The van der Waals surface area contributed by atoms with E-state index in [9.17, 15) is 27.9 Å². The molecule has 1 aromatic heterocycles. The Morgan fingerprint density at radius 3 is 2.38 bits per heavy atom. The zero-order valence-electron chi connectivity index (χ0n) is 22.8. The number of carbonyl (C=O) groups is 2. The third-order valence-electron chi connectivity index (χ3n) is 7.41. The molecular formula is C32H31F3N4O3. The number of nitrogens with zero attached hydrogens (tertiary/aromatic N) is 2. The fraction of sp³-hybridized carbons (Fsp3) is 0.281. The van der Waals surface area contributed by atoms with Crippen molar-refractivity contribution >= 4 is 34.6 Å². The molecule has 3 aromatic rings. The third kappa shape index (κ3) is 6.88. The standard InChI is InChI=1S/C32H31F3N4O3/c33-32(34,35)23-14-11-21(12-15-23)24(22-13-16-29(36-20-22)39-17-3-1-2-4-18-39)7-5-10-30(41)37-26-8-6-9-27-25(26)19-28(40)31(42)38-27/h5-16,20,28,40H,1-4,17-19H2,(H,37,41)(H,38,42)/b10-5+,24-7-. The molecule has 0 saturated carbocycles. The first-order valence-electron chi connectivity index (χ1n) is 13.9. The summed E-state index contributed by atoms with van der Waals surface area (Å²) in [5, 5.41) is 15.3. The number of allylic oxidation sites excluding steroid dienone is 2. The minimum absolute atomic E-state index is 0.0692. The normalized spacial score (nSPS) is 17.9. The lowest BCUT2D eigenvalue weighted by Crippen LogP contribution is -2.34. The van der Waals surface area contributed by atoms with Crippen LogP contribution in [0.3, 0.4) is 0 Å². The van der Waals surface area contributed by atoms with E-state index in [0.717, 1.165) is 43.9 Å². The van der Waals surface area contributed by atoms with Gasteiger partial charge in [0.25, 0.3) is 5.91 Å². The molecule has 0 spiro atoms. The first-order chi connectivity index (χ1) is 20.2. The molecule has 1 saturated heterocycles. The second-order valence-electron chi connectivity index (χ2n) is 10.4. The maximum absolute atomic E-state index is 13.2. The van der Waals surface area contributed by atoms with Gasteiger partial charge in [0.05, 0.1) is 5.56 Å². The number of fused-ring (bicyclic) bond motifs is 1. The number of hydrogen-bond donors (Lipinski definition) is 3. The van der Waals surface area contributed by atoms with Gasteiger partial charge in [-0.25, -0.2) is 4.98 Å². The van der Waals surface area contributed by atoms with Gasteiger partial charge in [0.15, 0.2) is 0 Å². The van der Waals surface area contributed by atoms with Gasteiger partial charge in [-0.15, -0.1) is 0 Å². The maximum atomic E-state index is 13.2. The Kier molecular flexibility index (Phi) is 8.72. The lowest BCUT2D eigenvalue weighted by Gasteiger charge is -2.23. The number of nitrogens with one attached hydrogen (secondary N) is 2. The average molecular weight is 577 g/mol. The molecule has 1 atom stereocenters. The monoisotopic (exact) mass is 576 g/mol. The highest BCUT2D eigenvalue weighted by Crippen LogP contribution is 2.32. The van der Waals surface area contributed by atoms with Crippen LogP contribution < -0.4 is 15.5 Å². The first kappa shape index (κ1) is 29.1. The summed E-state index contributed by atoms with van der Waals surface area (Å²) < 4.78 is 39.6. The number of benzene rings is 2. The lowest BCUT2D eigenvalue weighted by atomic mass is 9.97. The van der Waals surface area contributed by atoms with E-state index in [4.69, 9.17) is 0 Å². The number of anilines is 3. The van der Waals surface area contributed by atoms with E-state index in [1.165, 1.54) is 37.1 Å². The molecule has 7 nitrogen and oxygen atoms in total. The molecule has 1 unspecified atom stereocenters. The van der Waals surface area contributed by atoms with E-state index in [1.807, 2.05) is 12.1 Å². The van der Waals surface area contributed by atoms with Crippen LogP contribution in [0.2, 0.25) is 0 Å². The zero-order valence-corrected chi connectivity index (χ0v) is 22.8. The van der Waals surface area contributed by atoms with Crippen molar-refractivity contribution in [3.63, 3.8) is 0 Å². The van der Waals surface area contributed by atoms with E-state index >= 15 is 0 Å². The number of amides is 2. The van der Waals surface area contributed by atoms with Gasteiger partial charge in [0.2, 0.25) is 5.91 Å². The number of alkyl halides is 3. The summed E-state index contributed by atoms with van der Waals surface area (Å²) in [6, 6.07) is 13.7. The van der Waals surface area contributed by atoms with Gasteiger partial charge in [0.1, 0.15) is 11.9 Å². The number of hydrogen-bond acceptors (Lipinski definition) is 5. The Morgan fingerprint density at radius 2 is 1.71 bits per heavy atom. The number of rotatable bonds is 6. The number of pyridine rings is 1. The molecular weight excluding hydrogens is 545 g/mol. The summed E-state index contributed by atoms with van der Waals surface area (Å²) >= 11 is 0. The predicted molar refractivity (Wildman–Crippen MR) is 156 cm³/mol. The molecule has 2 aliphatic heterocycles. The molecule has 0 aliphatic carbocycles. The largest absolute Gasteiger partial charge is 0.416 e. The molecule has 0 radical (unpaired) electrons. The van der Waals surface area contributed by atoms with E-state index in [-0.39, 0.29) is 6.42 Å². The van der Waals surface area contributed by atoms with Crippen LogP contribution in [0.1, 0.15) is 47.9 Å². The van der Waals surface area contributed by atoms with Crippen LogP contribution in [0.15, 0.2) is 79.0 Å². The summed E-state index contributed by atoms with van der Waals surface area (Å²) in [6.07, 6.45) is 5.20. The molecule has 10 heteroatoms. The molecule has 2 aliphatic rings. The second-order valence-corrected chi connectivity index (χ2v) is 10.4. The molecule has 2 aromatic carbocycles. The van der Waals surface area contributed by atoms with Crippen LogP contribution in [0.4, 0.5) is 30.4 Å². The van der Waals surface area contributed by atoms with Gasteiger partial charge < -0.3 is 20.6 Å².